The van der Waals surface area contributed by atoms with Gasteiger partial charge < -0.3 is 15.4 Å². The first-order valence-corrected chi connectivity index (χ1v) is 8.30. The topological polar surface area (TPSA) is 45.7 Å². The molecule has 1 aromatic carbocycles. The summed E-state index contributed by atoms with van der Waals surface area (Å²) < 4.78 is 33.1. The van der Waals surface area contributed by atoms with Gasteiger partial charge in [-0.1, -0.05) is 6.07 Å². The van der Waals surface area contributed by atoms with Crippen LogP contribution in [0, 0.1) is 11.6 Å². The summed E-state index contributed by atoms with van der Waals surface area (Å²) >= 11 is 0. The number of ether oxygens (including phenoxy) is 1. The van der Waals surface area contributed by atoms with Crippen LogP contribution in [-0.2, 0) is 11.2 Å². The number of hydrogen-bond donors (Lipinski definition) is 2. The summed E-state index contributed by atoms with van der Waals surface area (Å²) in [4.78, 5) is 4.44. The monoisotopic (exact) mass is 323 g/mol. The van der Waals surface area contributed by atoms with Gasteiger partial charge in [0.1, 0.15) is 11.6 Å². The summed E-state index contributed by atoms with van der Waals surface area (Å²) in [6.45, 7) is 3.06. The van der Waals surface area contributed by atoms with E-state index in [-0.39, 0.29) is 24.1 Å². The number of benzene rings is 1. The zero-order valence-corrected chi connectivity index (χ0v) is 13.3. The van der Waals surface area contributed by atoms with E-state index in [0.717, 1.165) is 25.8 Å². The normalized spacial score (nSPS) is 26.6. The van der Waals surface area contributed by atoms with E-state index in [2.05, 4.69) is 15.6 Å². The molecule has 3 atom stereocenters. The molecule has 0 aromatic heterocycles. The molecule has 2 heterocycles. The summed E-state index contributed by atoms with van der Waals surface area (Å²) in [6.07, 6.45) is 4.09. The third-order valence-electron chi connectivity index (χ3n) is 4.47. The van der Waals surface area contributed by atoms with Gasteiger partial charge in [-0.05, 0) is 44.7 Å². The van der Waals surface area contributed by atoms with Gasteiger partial charge in [0.05, 0.1) is 18.2 Å². The molecule has 2 saturated heterocycles. The number of hydrogen-bond acceptors (Lipinski definition) is 2. The second-order valence-electron chi connectivity index (χ2n) is 6.07. The van der Waals surface area contributed by atoms with Gasteiger partial charge in [0.2, 0.25) is 0 Å². The molecule has 2 N–H and O–H groups in total. The Kier molecular flexibility index (Phi) is 5.10. The van der Waals surface area contributed by atoms with E-state index in [1.54, 1.807) is 0 Å². The van der Waals surface area contributed by atoms with Gasteiger partial charge >= 0.3 is 0 Å². The second-order valence-corrected chi connectivity index (χ2v) is 6.07. The van der Waals surface area contributed by atoms with Crippen LogP contribution in [0.5, 0.6) is 0 Å². The van der Waals surface area contributed by atoms with Crippen molar-refractivity contribution >= 4 is 5.96 Å². The summed E-state index contributed by atoms with van der Waals surface area (Å²) in [5, 5.41) is 6.57. The lowest BCUT2D eigenvalue weighted by molar-refractivity contribution is 0.0992. The van der Waals surface area contributed by atoms with Crippen LogP contribution in [0.4, 0.5) is 8.78 Å². The van der Waals surface area contributed by atoms with Gasteiger partial charge in [-0.2, -0.15) is 0 Å². The standard InChI is InChI=1S/C17H23F2N3O/c1-2-20-17(22-15-10-11-6-7-16(15)23-11)21-9-8-12-13(18)4-3-5-14(12)19/h3-5,11,15-16H,2,6-10H2,1H3,(H2,20,21,22). The Morgan fingerprint density at radius 1 is 1.30 bits per heavy atom. The highest BCUT2D eigenvalue weighted by molar-refractivity contribution is 5.80. The maximum absolute atomic E-state index is 13.6. The summed E-state index contributed by atoms with van der Waals surface area (Å²) in [5.74, 6) is -0.343. The van der Waals surface area contributed by atoms with Gasteiger partial charge in [-0.3, -0.25) is 4.99 Å². The number of guanidine groups is 1. The third-order valence-corrected chi connectivity index (χ3v) is 4.47. The van der Waals surface area contributed by atoms with Crippen LogP contribution in [0.3, 0.4) is 0 Å². The minimum atomic E-state index is -0.514. The van der Waals surface area contributed by atoms with E-state index in [0.29, 0.717) is 18.6 Å². The van der Waals surface area contributed by atoms with Crippen molar-refractivity contribution in [1.29, 1.82) is 0 Å². The van der Waals surface area contributed by atoms with Crippen molar-refractivity contribution in [1.82, 2.24) is 10.6 Å². The lowest BCUT2D eigenvalue weighted by atomic mass is 9.96. The van der Waals surface area contributed by atoms with Crippen molar-refractivity contribution in [2.45, 2.75) is 50.9 Å². The number of aliphatic imine (C=N–C) groups is 1. The number of fused-ring (bicyclic) bond motifs is 2. The molecule has 23 heavy (non-hydrogen) atoms. The van der Waals surface area contributed by atoms with Crippen LogP contribution in [0.15, 0.2) is 23.2 Å². The highest BCUT2D eigenvalue weighted by atomic mass is 19.1. The second kappa shape index (κ2) is 7.25. The predicted molar refractivity (Wildman–Crippen MR) is 85.5 cm³/mol. The van der Waals surface area contributed by atoms with Gasteiger partial charge in [0.25, 0.3) is 0 Å². The Morgan fingerprint density at radius 2 is 2.09 bits per heavy atom. The minimum Gasteiger partial charge on any atom is -0.373 e. The molecule has 0 radical (unpaired) electrons. The first-order valence-electron chi connectivity index (χ1n) is 8.30. The summed E-state index contributed by atoms with van der Waals surface area (Å²) in [5.41, 5.74) is 0.0929. The molecule has 3 rings (SSSR count). The van der Waals surface area contributed by atoms with Crippen LogP contribution >= 0.6 is 0 Å². The lowest BCUT2D eigenvalue weighted by Crippen LogP contribution is -2.47. The van der Waals surface area contributed by atoms with Crippen LogP contribution in [0.25, 0.3) is 0 Å². The smallest absolute Gasteiger partial charge is 0.191 e. The van der Waals surface area contributed by atoms with Gasteiger partial charge in [0.15, 0.2) is 5.96 Å². The molecule has 6 heteroatoms. The molecule has 3 unspecified atom stereocenters. The molecule has 2 bridgehead atoms. The Bertz CT molecular complexity index is 559. The first kappa shape index (κ1) is 16.2. The zero-order valence-electron chi connectivity index (χ0n) is 13.3. The fourth-order valence-corrected chi connectivity index (χ4v) is 3.34. The Morgan fingerprint density at radius 3 is 2.70 bits per heavy atom. The molecule has 4 nitrogen and oxygen atoms in total. The quantitative estimate of drug-likeness (QED) is 0.646. The fraction of sp³-hybridized carbons (Fsp3) is 0.588. The molecule has 2 aliphatic heterocycles. The van der Waals surface area contributed by atoms with Crippen molar-refractivity contribution in [2.24, 2.45) is 4.99 Å². The molecule has 0 spiro atoms. The van der Waals surface area contributed by atoms with E-state index in [9.17, 15) is 8.78 Å². The third kappa shape index (κ3) is 3.80. The fourth-order valence-electron chi connectivity index (χ4n) is 3.34. The average molecular weight is 323 g/mol. The molecule has 2 aliphatic rings. The highest BCUT2D eigenvalue weighted by Crippen LogP contribution is 2.34. The molecule has 0 aliphatic carbocycles. The number of rotatable bonds is 5. The largest absolute Gasteiger partial charge is 0.373 e. The molecular weight excluding hydrogens is 300 g/mol. The maximum Gasteiger partial charge on any atom is 0.191 e. The van der Waals surface area contributed by atoms with Crippen molar-refractivity contribution in [3.05, 3.63) is 35.4 Å². The number of nitrogens with one attached hydrogen (secondary N) is 2. The van der Waals surface area contributed by atoms with Gasteiger partial charge in [-0.25, -0.2) is 8.78 Å². The van der Waals surface area contributed by atoms with E-state index in [1.807, 2.05) is 6.92 Å². The van der Waals surface area contributed by atoms with Crippen LogP contribution < -0.4 is 10.6 Å². The van der Waals surface area contributed by atoms with E-state index in [4.69, 9.17) is 4.74 Å². The molecule has 2 fully saturated rings. The minimum absolute atomic E-state index is 0.0929. The SMILES string of the molecule is CCNC(=NCCc1c(F)cccc1F)NC1CC2CCC1O2. The molecule has 1 aromatic rings. The first-order chi connectivity index (χ1) is 11.2. The van der Waals surface area contributed by atoms with Gasteiger partial charge in [0, 0.05) is 18.7 Å². The number of halogens is 2. The van der Waals surface area contributed by atoms with Crippen molar-refractivity contribution in [3.8, 4) is 0 Å². The van der Waals surface area contributed by atoms with E-state index >= 15 is 0 Å². The maximum atomic E-state index is 13.6. The molecular formula is C17H23F2N3O. The Hall–Kier alpha value is -1.69. The summed E-state index contributed by atoms with van der Waals surface area (Å²) in [7, 11) is 0. The Balaban J connectivity index is 1.58. The van der Waals surface area contributed by atoms with Crippen LogP contribution in [0.1, 0.15) is 31.7 Å². The van der Waals surface area contributed by atoms with Crippen LogP contribution in [-0.4, -0.2) is 37.3 Å². The van der Waals surface area contributed by atoms with E-state index in [1.165, 1.54) is 18.2 Å². The van der Waals surface area contributed by atoms with Crippen molar-refractivity contribution < 1.29 is 13.5 Å². The highest BCUT2D eigenvalue weighted by Gasteiger charge is 2.41. The summed E-state index contributed by atoms with van der Waals surface area (Å²) in [6, 6.07) is 4.20. The zero-order chi connectivity index (χ0) is 16.2. The van der Waals surface area contributed by atoms with E-state index < -0.39 is 11.6 Å². The van der Waals surface area contributed by atoms with Gasteiger partial charge in [-0.15, -0.1) is 0 Å². The lowest BCUT2D eigenvalue weighted by Gasteiger charge is -2.22. The molecule has 0 saturated carbocycles. The van der Waals surface area contributed by atoms with Crippen molar-refractivity contribution in [2.75, 3.05) is 13.1 Å². The average Bonchev–Trinajstić information content (AvgIpc) is 3.13. The van der Waals surface area contributed by atoms with Crippen molar-refractivity contribution in [3.63, 3.8) is 0 Å². The molecule has 126 valence electrons. The number of nitrogens with zero attached hydrogens (tertiary/aromatic N) is 1. The Labute approximate surface area is 135 Å². The molecule has 0 amide bonds. The predicted octanol–water partition coefficient (Wildman–Crippen LogP) is 2.38. The van der Waals surface area contributed by atoms with Crippen LogP contribution in [0.2, 0.25) is 0 Å².